The molecule has 0 bridgehead atoms. The smallest absolute Gasteiger partial charge is 0.330 e. The van der Waals surface area contributed by atoms with Gasteiger partial charge < -0.3 is 13.8 Å². The van der Waals surface area contributed by atoms with Gasteiger partial charge in [-0.1, -0.05) is 18.2 Å². The molecule has 0 saturated carbocycles. The third-order valence-corrected chi connectivity index (χ3v) is 7.43. The highest BCUT2D eigenvalue weighted by Crippen LogP contribution is 2.48. The summed E-state index contributed by atoms with van der Waals surface area (Å²) >= 11 is 0. The van der Waals surface area contributed by atoms with Gasteiger partial charge in [-0.25, -0.2) is 8.42 Å². The molecule has 0 aliphatic carbocycles. The van der Waals surface area contributed by atoms with Gasteiger partial charge in [0.25, 0.3) is 5.69 Å². The number of non-ortho nitro benzene ring substituents is 1. The predicted molar refractivity (Wildman–Crippen MR) is 117 cm³/mol. The number of para-hydroxylation sites is 1. The second-order valence-corrected chi connectivity index (χ2v) is 10.3. The average Bonchev–Trinajstić information content (AvgIpc) is 2.70. The Labute approximate surface area is 181 Å². The van der Waals surface area contributed by atoms with Gasteiger partial charge in [-0.15, -0.1) is 0 Å². The third kappa shape index (κ3) is 7.95. The van der Waals surface area contributed by atoms with Crippen LogP contribution >= 0.6 is 7.60 Å². The molecule has 2 rings (SSSR count). The fourth-order valence-electron chi connectivity index (χ4n) is 2.64. The second-order valence-electron chi connectivity index (χ2n) is 6.30. The summed E-state index contributed by atoms with van der Waals surface area (Å²) in [4.78, 5) is 10.5. The number of rotatable bonds is 13. The van der Waals surface area contributed by atoms with E-state index in [2.05, 4.69) is 4.72 Å². The second kappa shape index (κ2) is 11.2. The highest BCUT2D eigenvalue weighted by Gasteiger charge is 2.25. The van der Waals surface area contributed by atoms with Crippen LogP contribution in [0.3, 0.4) is 0 Å². The van der Waals surface area contributed by atoms with Crippen molar-refractivity contribution < 1.29 is 31.7 Å². The van der Waals surface area contributed by atoms with Gasteiger partial charge >= 0.3 is 7.60 Å². The first-order chi connectivity index (χ1) is 14.7. The van der Waals surface area contributed by atoms with Crippen LogP contribution in [0.15, 0.2) is 48.5 Å². The normalized spacial score (nSPS) is 11.8. The van der Waals surface area contributed by atoms with Crippen LogP contribution in [0.2, 0.25) is 0 Å². The molecule has 0 fully saturated rings. The first-order valence-electron chi connectivity index (χ1n) is 9.58. The molecule has 0 aliphatic rings. The molecule has 170 valence electrons. The number of nitro groups is 1. The number of benzene rings is 2. The SMILES string of the molecule is CCOP(=O)(CCCS(=O)(=O)Nc1ccc([N+](=O)[O-])cc1Oc1ccccc1)OCC. The Morgan fingerprint density at radius 1 is 1.06 bits per heavy atom. The summed E-state index contributed by atoms with van der Waals surface area (Å²) in [5.74, 6) is 0.0231. The fourth-order valence-corrected chi connectivity index (χ4v) is 5.64. The Bertz CT molecular complexity index is 1020. The number of nitro benzene ring substituents is 1. The minimum atomic E-state index is -3.87. The van der Waals surface area contributed by atoms with E-state index in [4.69, 9.17) is 13.8 Å². The van der Waals surface area contributed by atoms with Crippen molar-refractivity contribution in [3.8, 4) is 11.5 Å². The summed E-state index contributed by atoms with van der Waals surface area (Å²) < 4.78 is 55.9. The highest BCUT2D eigenvalue weighted by molar-refractivity contribution is 7.92. The molecule has 0 unspecified atom stereocenters. The molecule has 2 aromatic rings. The van der Waals surface area contributed by atoms with E-state index in [1.165, 1.54) is 12.1 Å². The lowest BCUT2D eigenvalue weighted by molar-refractivity contribution is -0.384. The summed E-state index contributed by atoms with van der Waals surface area (Å²) in [5.41, 5.74) is -0.199. The summed E-state index contributed by atoms with van der Waals surface area (Å²) in [7, 11) is -7.22. The molecule has 0 aliphatic heterocycles. The molecule has 10 nitrogen and oxygen atoms in total. The van der Waals surface area contributed by atoms with E-state index in [0.29, 0.717) is 5.75 Å². The number of anilines is 1. The molecule has 0 saturated heterocycles. The number of hydrogen-bond acceptors (Lipinski definition) is 8. The van der Waals surface area contributed by atoms with E-state index >= 15 is 0 Å². The van der Waals surface area contributed by atoms with E-state index in [1.807, 2.05) is 0 Å². The van der Waals surface area contributed by atoms with Crippen LogP contribution in [0.25, 0.3) is 0 Å². The monoisotopic (exact) mass is 472 g/mol. The number of sulfonamides is 1. The van der Waals surface area contributed by atoms with Gasteiger partial charge in [0.1, 0.15) is 5.75 Å². The minimum Gasteiger partial charge on any atom is -0.455 e. The van der Waals surface area contributed by atoms with Crippen molar-refractivity contribution in [2.45, 2.75) is 20.3 Å². The fraction of sp³-hybridized carbons (Fsp3) is 0.368. The Morgan fingerprint density at radius 2 is 1.71 bits per heavy atom. The Kier molecular flexibility index (Phi) is 9.00. The number of ether oxygens (including phenoxy) is 1. The van der Waals surface area contributed by atoms with Crippen LogP contribution in [0.4, 0.5) is 11.4 Å². The molecule has 0 spiro atoms. The summed E-state index contributed by atoms with van der Waals surface area (Å²) in [6.45, 7) is 3.72. The van der Waals surface area contributed by atoms with Crippen molar-refractivity contribution in [2.75, 3.05) is 29.9 Å². The van der Waals surface area contributed by atoms with Gasteiger partial charge in [0, 0.05) is 6.07 Å². The van der Waals surface area contributed by atoms with Crippen LogP contribution in [-0.2, 0) is 23.6 Å². The highest BCUT2D eigenvalue weighted by atomic mass is 32.2. The van der Waals surface area contributed by atoms with Crippen molar-refractivity contribution in [1.82, 2.24) is 0 Å². The summed E-state index contributed by atoms with van der Waals surface area (Å²) in [5, 5.41) is 11.1. The van der Waals surface area contributed by atoms with Crippen LogP contribution in [-0.4, -0.2) is 38.5 Å². The largest absolute Gasteiger partial charge is 0.455 e. The molecule has 0 atom stereocenters. The Hall–Kier alpha value is -2.46. The van der Waals surface area contributed by atoms with Crippen LogP contribution in [0.1, 0.15) is 20.3 Å². The van der Waals surface area contributed by atoms with E-state index in [9.17, 15) is 23.1 Å². The van der Waals surface area contributed by atoms with E-state index in [1.54, 1.807) is 44.2 Å². The molecule has 0 aromatic heterocycles. The lowest BCUT2D eigenvalue weighted by Crippen LogP contribution is -2.18. The number of hydrogen-bond donors (Lipinski definition) is 1. The molecule has 2 aromatic carbocycles. The maximum absolute atomic E-state index is 12.6. The van der Waals surface area contributed by atoms with Crippen molar-refractivity contribution in [3.05, 3.63) is 58.6 Å². The Balaban J connectivity index is 2.15. The summed E-state index contributed by atoms with van der Waals surface area (Å²) in [6, 6.07) is 12.0. The zero-order valence-electron chi connectivity index (χ0n) is 17.2. The van der Waals surface area contributed by atoms with E-state index in [0.717, 1.165) is 6.07 Å². The van der Waals surface area contributed by atoms with Crippen LogP contribution in [0, 0.1) is 10.1 Å². The van der Waals surface area contributed by atoms with E-state index < -0.39 is 22.5 Å². The first kappa shape index (κ1) is 24.8. The quantitative estimate of drug-likeness (QED) is 0.250. The standard InChI is InChI=1S/C19H25N2O8PS/c1-3-27-30(24,28-4-2)13-8-14-31(25,26)20-18-12-11-16(21(22)23)15-19(18)29-17-9-6-5-7-10-17/h5-7,9-12,15,20H,3-4,8,13-14H2,1-2H3. The maximum Gasteiger partial charge on any atom is 0.330 e. The number of nitrogens with one attached hydrogen (secondary N) is 1. The molecule has 0 heterocycles. The molecular weight excluding hydrogens is 447 g/mol. The van der Waals surface area contributed by atoms with Crippen molar-refractivity contribution in [3.63, 3.8) is 0 Å². The van der Waals surface area contributed by atoms with Crippen molar-refractivity contribution in [1.29, 1.82) is 0 Å². The molecular formula is C19H25N2O8PS. The molecule has 0 amide bonds. The Morgan fingerprint density at radius 3 is 2.29 bits per heavy atom. The topological polar surface area (TPSA) is 134 Å². The van der Waals surface area contributed by atoms with Gasteiger partial charge in [-0.05, 0) is 38.5 Å². The lowest BCUT2D eigenvalue weighted by Gasteiger charge is -2.17. The third-order valence-electron chi connectivity index (χ3n) is 3.91. The van der Waals surface area contributed by atoms with Gasteiger partial charge in [-0.2, -0.15) is 0 Å². The summed E-state index contributed by atoms with van der Waals surface area (Å²) in [6.07, 6.45) is -0.0162. The van der Waals surface area contributed by atoms with Crippen LogP contribution in [0.5, 0.6) is 11.5 Å². The zero-order chi connectivity index (χ0) is 22.9. The van der Waals surface area contributed by atoms with Crippen molar-refractivity contribution >= 4 is 29.0 Å². The zero-order valence-corrected chi connectivity index (χ0v) is 18.9. The predicted octanol–water partition coefficient (Wildman–Crippen LogP) is 4.79. The van der Waals surface area contributed by atoms with Gasteiger partial charge in [0.2, 0.25) is 10.0 Å². The van der Waals surface area contributed by atoms with Gasteiger partial charge in [0.05, 0.1) is 41.8 Å². The first-order valence-corrected chi connectivity index (χ1v) is 13.0. The van der Waals surface area contributed by atoms with Crippen molar-refractivity contribution in [2.24, 2.45) is 0 Å². The molecule has 12 heteroatoms. The van der Waals surface area contributed by atoms with E-state index in [-0.39, 0.29) is 48.7 Å². The number of nitrogens with zero attached hydrogens (tertiary/aromatic N) is 1. The average molecular weight is 472 g/mol. The molecule has 31 heavy (non-hydrogen) atoms. The van der Waals surface area contributed by atoms with Crippen LogP contribution < -0.4 is 9.46 Å². The van der Waals surface area contributed by atoms with Gasteiger partial charge in [0.15, 0.2) is 5.75 Å². The lowest BCUT2D eigenvalue weighted by atomic mass is 10.2. The maximum atomic E-state index is 12.6. The van der Waals surface area contributed by atoms with Gasteiger partial charge in [-0.3, -0.25) is 19.4 Å². The molecule has 1 N–H and O–H groups in total. The molecule has 0 radical (unpaired) electrons. The minimum absolute atomic E-state index is 0.0155.